The van der Waals surface area contributed by atoms with Gasteiger partial charge in [0.1, 0.15) is 11.6 Å². The zero-order valence-corrected chi connectivity index (χ0v) is 24.1. The second kappa shape index (κ2) is 15.7. The summed E-state index contributed by atoms with van der Waals surface area (Å²) < 4.78 is 100.0. The molecule has 17 heteroatoms. The molecule has 0 saturated carbocycles. The first-order chi connectivity index (χ1) is 21.7. The van der Waals surface area contributed by atoms with Gasteiger partial charge in [0.2, 0.25) is 11.8 Å². The van der Waals surface area contributed by atoms with E-state index in [0.717, 1.165) is 6.07 Å². The van der Waals surface area contributed by atoms with E-state index < -0.39 is 69.2 Å². The Morgan fingerprint density at radius 2 is 1.06 bits per heavy atom. The molecule has 0 spiro atoms. The standard InChI is InChI=1S/C15H10F4N2O2.C8H3ClF4O.C7H8N2O/c16-12-7-9(15(17,18)19)4-5-11(12)14(23)21-10-3-1-2-8(6-10)13(20)22;9-7(14)5-2-1-4(3-6(5)10)8(11,12)13;8-6-3-1-2-5(4-6)7(9)10/h1-7H,(H2,20,22)(H,21,23);1-3H;1-4H,8H2,(H2,9,10). The summed E-state index contributed by atoms with van der Waals surface area (Å²) in [6.07, 6.45) is -9.33. The number of carbonyl (C=O) groups is 4. The quantitative estimate of drug-likeness (QED) is 0.103. The van der Waals surface area contributed by atoms with Crippen LogP contribution in [0, 0.1) is 11.6 Å². The minimum atomic E-state index is -4.70. The molecule has 0 saturated heterocycles. The van der Waals surface area contributed by atoms with Gasteiger partial charge >= 0.3 is 12.4 Å². The second-order valence-electron chi connectivity index (χ2n) is 9.05. The lowest BCUT2D eigenvalue weighted by Gasteiger charge is -2.10. The van der Waals surface area contributed by atoms with Crippen molar-refractivity contribution in [2.45, 2.75) is 12.4 Å². The third-order valence-corrected chi connectivity index (χ3v) is 5.83. The van der Waals surface area contributed by atoms with Crippen molar-refractivity contribution in [1.82, 2.24) is 0 Å². The van der Waals surface area contributed by atoms with Gasteiger partial charge in [-0.05, 0) is 84.4 Å². The van der Waals surface area contributed by atoms with Gasteiger partial charge in [0.15, 0.2) is 0 Å². The predicted molar refractivity (Wildman–Crippen MR) is 155 cm³/mol. The van der Waals surface area contributed by atoms with Crippen LogP contribution < -0.4 is 22.5 Å². The summed E-state index contributed by atoms with van der Waals surface area (Å²) in [7, 11) is 0. The van der Waals surface area contributed by atoms with Crippen LogP contribution in [0.15, 0.2) is 84.9 Å². The molecular formula is C30H21ClF8N4O4. The molecule has 4 rings (SSSR count). The maximum atomic E-state index is 13.7. The highest BCUT2D eigenvalue weighted by Crippen LogP contribution is 2.31. The number of amides is 3. The first-order valence-electron chi connectivity index (χ1n) is 12.5. The summed E-state index contributed by atoms with van der Waals surface area (Å²) in [6.45, 7) is 0. The minimum absolute atomic E-state index is 0.121. The monoisotopic (exact) mass is 688 g/mol. The van der Waals surface area contributed by atoms with E-state index in [9.17, 15) is 54.3 Å². The molecule has 47 heavy (non-hydrogen) atoms. The molecule has 0 atom stereocenters. The fourth-order valence-electron chi connectivity index (χ4n) is 3.37. The Kier molecular flexibility index (Phi) is 12.6. The van der Waals surface area contributed by atoms with E-state index in [2.05, 4.69) is 5.32 Å². The SMILES string of the molecule is NC(=O)c1cccc(N)c1.NC(=O)c1cccc(NC(=O)c2ccc(C(F)(F)F)cc2F)c1.O=C(Cl)c1ccc(C(F)(F)F)cc1F. The van der Waals surface area contributed by atoms with Crippen LogP contribution in [0.3, 0.4) is 0 Å². The molecule has 0 fully saturated rings. The van der Waals surface area contributed by atoms with E-state index in [0.29, 0.717) is 29.4 Å². The molecule has 4 aromatic rings. The van der Waals surface area contributed by atoms with E-state index >= 15 is 0 Å². The molecule has 0 bridgehead atoms. The maximum Gasteiger partial charge on any atom is 0.416 e. The topological polar surface area (TPSA) is 158 Å². The molecule has 0 heterocycles. The van der Waals surface area contributed by atoms with E-state index in [1.54, 1.807) is 24.3 Å². The van der Waals surface area contributed by atoms with Crippen molar-refractivity contribution in [1.29, 1.82) is 0 Å². The number of benzene rings is 4. The van der Waals surface area contributed by atoms with Crippen molar-refractivity contribution in [2.75, 3.05) is 11.1 Å². The van der Waals surface area contributed by atoms with Crippen LogP contribution in [-0.2, 0) is 12.4 Å². The van der Waals surface area contributed by atoms with Crippen LogP contribution in [-0.4, -0.2) is 23.0 Å². The number of carbonyl (C=O) groups excluding carboxylic acids is 4. The Morgan fingerprint density at radius 3 is 1.45 bits per heavy atom. The van der Waals surface area contributed by atoms with Gasteiger partial charge in [-0.25, -0.2) is 8.78 Å². The summed E-state index contributed by atoms with van der Waals surface area (Å²) in [5, 5.41) is 1.16. The molecule has 8 nitrogen and oxygen atoms in total. The second-order valence-corrected chi connectivity index (χ2v) is 9.39. The highest BCUT2D eigenvalue weighted by atomic mass is 35.5. The number of halogens is 9. The fraction of sp³-hybridized carbons (Fsp3) is 0.0667. The van der Waals surface area contributed by atoms with Crippen molar-refractivity contribution >= 4 is 45.9 Å². The third kappa shape index (κ3) is 11.4. The molecule has 0 aromatic heterocycles. The van der Waals surface area contributed by atoms with Gasteiger partial charge in [-0.2, -0.15) is 26.3 Å². The maximum absolute atomic E-state index is 13.7. The molecular weight excluding hydrogens is 668 g/mol. The van der Waals surface area contributed by atoms with Gasteiger partial charge in [-0.1, -0.05) is 12.1 Å². The Bertz CT molecular complexity index is 1800. The van der Waals surface area contributed by atoms with Gasteiger partial charge in [0.05, 0.1) is 22.3 Å². The minimum Gasteiger partial charge on any atom is -0.399 e. The van der Waals surface area contributed by atoms with Crippen LogP contribution >= 0.6 is 11.6 Å². The normalized spacial score (nSPS) is 10.8. The number of alkyl halides is 6. The van der Waals surface area contributed by atoms with E-state index in [-0.39, 0.29) is 23.4 Å². The van der Waals surface area contributed by atoms with Crippen molar-refractivity contribution in [3.8, 4) is 0 Å². The van der Waals surface area contributed by atoms with Crippen molar-refractivity contribution in [3.05, 3.63) is 130 Å². The summed E-state index contributed by atoms with van der Waals surface area (Å²) in [6, 6.07) is 15.2. The average molecular weight is 689 g/mol. The van der Waals surface area contributed by atoms with Crippen LogP contribution in [0.25, 0.3) is 0 Å². The first kappa shape index (κ1) is 37.7. The molecule has 0 radical (unpaired) electrons. The lowest BCUT2D eigenvalue weighted by Crippen LogP contribution is -2.16. The van der Waals surface area contributed by atoms with Crippen LogP contribution in [0.2, 0.25) is 0 Å². The van der Waals surface area contributed by atoms with Gasteiger partial charge in [-0.15, -0.1) is 0 Å². The molecule has 0 aliphatic carbocycles. The number of anilines is 2. The summed E-state index contributed by atoms with van der Waals surface area (Å²) in [4.78, 5) is 44.0. The number of nitrogen functional groups attached to an aromatic ring is 1. The number of hydrogen-bond donors (Lipinski definition) is 4. The van der Waals surface area contributed by atoms with E-state index in [1.165, 1.54) is 24.3 Å². The van der Waals surface area contributed by atoms with E-state index in [1.807, 2.05) is 0 Å². The first-order valence-corrected chi connectivity index (χ1v) is 12.9. The summed E-state index contributed by atoms with van der Waals surface area (Å²) in [5.41, 5.74) is 13.3. The highest BCUT2D eigenvalue weighted by molar-refractivity contribution is 6.67. The summed E-state index contributed by atoms with van der Waals surface area (Å²) in [5.74, 6) is -4.70. The van der Waals surface area contributed by atoms with Crippen LogP contribution in [0.5, 0.6) is 0 Å². The lowest BCUT2D eigenvalue weighted by molar-refractivity contribution is -0.138. The number of rotatable bonds is 5. The number of nitrogens with one attached hydrogen (secondary N) is 1. The van der Waals surface area contributed by atoms with Crippen molar-refractivity contribution in [3.63, 3.8) is 0 Å². The molecule has 4 aromatic carbocycles. The third-order valence-electron chi connectivity index (χ3n) is 5.63. The van der Waals surface area contributed by atoms with Crippen LogP contribution in [0.4, 0.5) is 46.5 Å². The Balaban J connectivity index is 0.000000271. The molecule has 0 aliphatic heterocycles. The molecule has 0 aliphatic rings. The average Bonchev–Trinajstić information content (AvgIpc) is 2.96. The number of primary amides is 2. The van der Waals surface area contributed by atoms with Crippen LogP contribution in [0.1, 0.15) is 52.6 Å². The Labute approximate surface area is 265 Å². The van der Waals surface area contributed by atoms with E-state index in [4.69, 9.17) is 28.8 Å². The summed E-state index contributed by atoms with van der Waals surface area (Å²) >= 11 is 4.91. The fourth-order valence-corrected chi connectivity index (χ4v) is 3.52. The Hall–Kier alpha value is -5.51. The largest absolute Gasteiger partial charge is 0.416 e. The van der Waals surface area contributed by atoms with Gasteiger partial charge in [-0.3, -0.25) is 19.2 Å². The smallest absolute Gasteiger partial charge is 0.399 e. The highest BCUT2D eigenvalue weighted by Gasteiger charge is 2.32. The lowest BCUT2D eigenvalue weighted by atomic mass is 10.1. The zero-order valence-electron chi connectivity index (χ0n) is 23.3. The molecule has 3 amide bonds. The van der Waals surface area contributed by atoms with Crippen molar-refractivity contribution in [2.24, 2.45) is 11.5 Å². The predicted octanol–water partition coefficient (Wildman–Crippen LogP) is 6.79. The Morgan fingerprint density at radius 1 is 0.617 bits per heavy atom. The molecule has 0 unspecified atom stereocenters. The van der Waals surface area contributed by atoms with Gasteiger partial charge < -0.3 is 22.5 Å². The van der Waals surface area contributed by atoms with Crippen molar-refractivity contribution < 1.29 is 54.3 Å². The number of hydrogen-bond acceptors (Lipinski definition) is 5. The molecule has 248 valence electrons. The molecule has 7 N–H and O–H groups in total. The number of nitrogens with two attached hydrogens (primary N) is 3. The zero-order chi connectivity index (χ0) is 35.7. The van der Waals surface area contributed by atoms with Gasteiger partial charge in [0, 0.05) is 22.5 Å². The van der Waals surface area contributed by atoms with Gasteiger partial charge in [0.25, 0.3) is 11.1 Å².